The van der Waals surface area contributed by atoms with E-state index in [1.165, 1.54) is 6.33 Å². The predicted molar refractivity (Wildman–Crippen MR) is 159 cm³/mol. The van der Waals surface area contributed by atoms with Crippen molar-refractivity contribution in [3.63, 3.8) is 0 Å². The normalized spacial score (nSPS) is 15.3. The van der Waals surface area contributed by atoms with E-state index < -0.39 is 5.91 Å². The lowest BCUT2D eigenvalue weighted by Crippen LogP contribution is -2.41. The third kappa shape index (κ3) is 6.23. The fourth-order valence-corrected chi connectivity index (χ4v) is 5.26. The highest BCUT2D eigenvalue weighted by molar-refractivity contribution is 6.13. The summed E-state index contributed by atoms with van der Waals surface area (Å²) in [5, 5.41) is 8.04. The third-order valence-corrected chi connectivity index (χ3v) is 7.71. The second-order valence-electron chi connectivity index (χ2n) is 11.4. The number of likely N-dealkylation sites (N-methyl/N-ethyl adjacent to an activating group) is 1. The molecule has 1 aromatic carbocycles. The van der Waals surface area contributed by atoms with Crippen LogP contribution in [0.25, 0.3) is 11.0 Å². The first kappa shape index (κ1) is 29.7. The summed E-state index contributed by atoms with van der Waals surface area (Å²) in [7, 11) is 3.45. The van der Waals surface area contributed by atoms with Gasteiger partial charge in [0.05, 0.1) is 17.8 Å². The largest absolute Gasteiger partial charge is 0.383 e. The topological polar surface area (TPSA) is 139 Å². The number of anilines is 2. The van der Waals surface area contributed by atoms with Gasteiger partial charge in [0.15, 0.2) is 11.3 Å². The molecule has 218 valence electrons. The number of nitrogen functional groups attached to an aromatic ring is 1. The molecule has 1 aliphatic rings. The molecule has 3 heterocycles. The minimum absolute atomic E-state index is 0.00369. The van der Waals surface area contributed by atoms with Crippen molar-refractivity contribution < 1.29 is 14.4 Å². The zero-order chi connectivity index (χ0) is 30.0. The maximum Gasteiger partial charge on any atom is 0.277 e. The van der Waals surface area contributed by atoms with Crippen LogP contribution in [-0.4, -0.2) is 74.5 Å². The number of fused-ring (bicyclic) bond motifs is 1. The standard InChI is InChI=1S/C30H40N8O3/c1-17(2)13-18(3)30(41)37-12-8-9-22(15-37)38-28-25(27(31)32-16-33-28)26(35-38)29(40)34-23-11-10-21(19(4)20(23)5)14-24(39)36(6)7/h10-11,16-17,22H,3,8-9,12-15H2,1-2,4-7H3,(H,34,40)(H2,31,32,33). The molecular weight excluding hydrogens is 520 g/mol. The van der Waals surface area contributed by atoms with Gasteiger partial charge in [-0.15, -0.1) is 0 Å². The molecule has 1 unspecified atom stereocenters. The molecule has 3 N–H and O–H groups in total. The highest BCUT2D eigenvalue weighted by atomic mass is 16.2. The maximum atomic E-state index is 13.6. The van der Waals surface area contributed by atoms with Crippen molar-refractivity contribution >= 4 is 40.3 Å². The van der Waals surface area contributed by atoms with Crippen molar-refractivity contribution in [3.8, 4) is 0 Å². The molecule has 1 fully saturated rings. The second-order valence-corrected chi connectivity index (χ2v) is 11.4. The quantitative estimate of drug-likeness (QED) is 0.401. The third-order valence-electron chi connectivity index (χ3n) is 7.71. The molecule has 1 aliphatic heterocycles. The van der Waals surface area contributed by atoms with Crippen LogP contribution < -0.4 is 11.1 Å². The van der Waals surface area contributed by atoms with E-state index in [0.717, 1.165) is 29.5 Å². The molecule has 0 spiro atoms. The van der Waals surface area contributed by atoms with Gasteiger partial charge in [-0.05, 0) is 61.8 Å². The Morgan fingerprint density at radius 1 is 1.17 bits per heavy atom. The molecule has 0 saturated carbocycles. The van der Waals surface area contributed by atoms with E-state index in [1.807, 2.05) is 24.8 Å². The lowest BCUT2D eigenvalue weighted by atomic mass is 9.98. The Labute approximate surface area is 240 Å². The number of benzene rings is 1. The van der Waals surface area contributed by atoms with E-state index in [0.29, 0.717) is 47.7 Å². The second kappa shape index (κ2) is 12.1. The van der Waals surface area contributed by atoms with Crippen LogP contribution in [0.5, 0.6) is 0 Å². The van der Waals surface area contributed by atoms with Crippen LogP contribution in [-0.2, 0) is 16.0 Å². The van der Waals surface area contributed by atoms with Crippen molar-refractivity contribution in [1.82, 2.24) is 29.5 Å². The average Bonchev–Trinajstić information content (AvgIpc) is 3.33. The number of hydrogen-bond donors (Lipinski definition) is 2. The first-order chi connectivity index (χ1) is 19.4. The molecule has 1 saturated heterocycles. The number of rotatable bonds is 8. The number of nitrogens with two attached hydrogens (primary N) is 1. The number of carbonyl (C=O) groups excluding carboxylic acids is 3. The van der Waals surface area contributed by atoms with Crippen molar-refractivity contribution in [2.45, 2.75) is 59.4 Å². The molecule has 1 atom stereocenters. The summed E-state index contributed by atoms with van der Waals surface area (Å²) in [5.74, 6) is 0.0133. The van der Waals surface area contributed by atoms with Crippen LogP contribution in [0.4, 0.5) is 11.5 Å². The molecule has 0 aliphatic carbocycles. The number of likely N-dealkylation sites (tertiary alicyclic amines) is 1. The van der Waals surface area contributed by atoms with Crippen molar-refractivity contribution in [2.75, 3.05) is 38.2 Å². The molecule has 11 nitrogen and oxygen atoms in total. The number of piperidine rings is 1. The van der Waals surface area contributed by atoms with E-state index in [-0.39, 0.29) is 35.8 Å². The molecule has 11 heteroatoms. The molecular formula is C30H40N8O3. The highest BCUT2D eigenvalue weighted by Gasteiger charge is 2.31. The average molecular weight is 561 g/mol. The van der Waals surface area contributed by atoms with Gasteiger partial charge < -0.3 is 20.9 Å². The first-order valence-corrected chi connectivity index (χ1v) is 13.9. The Morgan fingerprint density at radius 3 is 2.59 bits per heavy atom. The Kier molecular flexibility index (Phi) is 8.74. The zero-order valence-corrected chi connectivity index (χ0v) is 24.8. The van der Waals surface area contributed by atoms with E-state index >= 15 is 0 Å². The summed E-state index contributed by atoms with van der Waals surface area (Å²) in [6.45, 7) is 13.1. The van der Waals surface area contributed by atoms with Gasteiger partial charge in [-0.1, -0.05) is 26.5 Å². The summed E-state index contributed by atoms with van der Waals surface area (Å²) in [4.78, 5) is 50.9. The number of nitrogens with zero attached hydrogens (tertiary/aromatic N) is 6. The predicted octanol–water partition coefficient (Wildman–Crippen LogP) is 3.67. The van der Waals surface area contributed by atoms with Gasteiger partial charge in [-0.3, -0.25) is 14.4 Å². The number of hydrogen-bond acceptors (Lipinski definition) is 7. The molecule has 41 heavy (non-hydrogen) atoms. The summed E-state index contributed by atoms with van der Waals surface area (Å²) < 4.78 is 1.71. The van der Waals surface area contributed by atoms with E-state index in [4.69, 9.17) is 10.8 Å². The van der Waals surface area contributed by atoms with Gasteiger partial charge in [0.25, 0.3) is 5.91 Å². The minimum atomic E-state index is -0.441. The van der Waals surface area contributed by atoms with E-state index in [1.54, 1.807) is 29.7 Å². The first-order valence-electron chi connectivity index (χ1n) is 13.9. The number of amides is 3. The SMILES string of the molecule is C=C(CC(C)C)C(=O)N1CCCC(n2nc(C(=O)Nc3ccc(CC(=O)N(C)C)c(C)c3C)c3c(N)ncnc32)C1. The van der Waals surface area contributed by atoms with Gasteiger partial charge in [0, 0.05) is 38.4 Å². The lowest BCUT2D eigenvalue weighted by Gasteiger charge is -2.33. The molecule has 3 aromatic rings. The monoisotopic (exact) mass is 560 g/mol. The van der Waals surface area contributed by atoms with Gasteiger partial charge in [-0.25, -0.2) is 14.6 Å². The molecule has 4 rings (SSSR count). The Hall–Kier alpha value is -4.28. The van der Waals surface area contributed by atoms with Gasteiger partial charge in [0.1, 0.15) is 12.1 Å². The van der Waals surface area contributed by atoms with Crippen LogP contribution in [0.2, 0.25) is 0 Å². The number of nitrogens with one attached hydrogen (secondary N) is 1. The number of carbonyl (C=O) groups is 3. The fraction of sp³-hybridized carbons (Fsp3) is 0.467. The maximum absolute atomic E-state index is 13.6. The Balaban J connectivity index is 1.62. The lowest BCUT2D eigenvalue weighted by molar-refractivity contribution is -0.129. The summed E-state index contributed by atoms with van der Waals surface area (Å²) >= 11 is 0. The highest BCUT2D eigenvalue weighted by Crippen LogP contribution is 2.30. The summed E-state index contributed by atoms with van der Waals surface area (Å²) in [6.07, 6.45) is 3.84. The minimum Gasteiger partial charge on any atom is -0.383 e. The van der Waals surface area contributed by atoms with Crippen LogP contribution in [0.15, 0.2) is 30.6 Å². The van der Waals surface area contributed by atoms with Crippen LogP contribution in [0, 0.1) is 19.8 Å². The van der Waals surface area contributed by atoms with Crippen LogP contribution >= 0.6 is 0 Å². The summed E-state index contributed by atoms with van der Waals surface area (Å²) in [6, 6.07) is 3.47. The van der Waals surface area contributed by atoms with Crippen LogP contribution in [0.1, 0.15) is 66.3 Å². The van der Waals surface area contributed by atoms with Crippen LogP contribution in [0.3, 0.4) is 0 Å². The van der Waals surface area contributed by atoms with Gasteiger partial charge in [-0.2, -0.15) is 5.10 Å². The smallest absolute Gasteiger partial charge is 0.277 e. The van der Waals surface area contributed by atoms with Gasteiger partial charge >= 0.3 is 0 Å². The molecule has 0 radical (unpaired) electrons. The molecule has 2 aromatic heterocycles. The Bertz CT molecular complexity index is 1510. The van der Waals surface area contributed by atoms with Crippen molar-refractivity contribution in [3.05, 3.63) is 53.0 Å². The van der Waals surface area contributed by atoms with Crippen molar-refractivity contribution in [1.29, 1.82) is 0 Å². The summed E-state index contributed by atoms with van der Waals surface area (Å²) in [5.41, 5.74) is 10.7. The van der Waals surface area contributed by atoms with E-state index in [9.17, 15) is 14.4 Å². The Morgan fingerprint density at radius 2 is 1.90 bits per heavy atom. The molecule has 0 bridgehead atoms. The zero-order valence-electron chi connectivity index (χ0n) is 24.8. The van der Waals surface area contributed by atoms with E-state index in [2.05, 4.69) is 35.7 Å². The van der Waals surface area contributed by atoms with Crippen molar-refractivity contribution in [2.24, 2.45) is 5.92 Å². The number of aromatic nitrogens is 4. The fourth-order valence-electron chi connectivity index (χ4n) is 5.26. The molecule has 3 amide bonds. The van der Waals surface area contributed by atoms with Gasteiger partial charge in [0.2, 0.25) is 11.8 Å².